The number of nitrogens with zero attached hydrogens (tertiary/aromatic N) is 1. The molecule has 1 aromatic carbocycles. The van der Waals surface area contributed by atoms with Gasteiger partial charge >= 0.3 is 5.97 Å². The molecule has 4 nitrogen and oxygen atoms in total. The summed E-state index contributed by atoms with van der Waals surface area (Å²) in [6.45, 7) is 0.111. The monoisotopic (exact) mass is 210 g/mol. The first-order valence-corrected chi connectivity index (χ1v) is 4.14. The molecule has 0 heterocycles. The van der Waals surface area contributed by atoms with Crippen molar-refractivity contribution in [3.8, 4) is 6.07 Å². The van der Waals surface area contributed by atoms with E-state index >= 15 is 0 Å². The smallest absolute Gasteiger partial charge is 0.338 e. The van der Waals surface area contributed by atoms with Gasteiger partial charge in [-0.1, -0.05) is 17.7 Å². The van der Waals surface area contributed by atoms with Gasteiger partial charge in [0.2, 0.25) is 0 Å². The van der Waals surface area contributed by atoms with E-state index < -0.39 is 5.97 Å². The molecule has 72 valence electrons. The summed E-state index contributed by atoms with van der Waals surface area (Å²) < 4.78 is 0. The molecule has 0 unspecified atom stereocenters. The van der Waals surface area contributed by atoms with Gasteiger partial charge in [-0.2, -0.15) is 5.26 Å². The highest BCUT2D eigenvalue weighted by atomic mass is 35.5. The third-order valence-corrected chi connectivity index (χ3v) is 2.10. The van der Waals surface area contributed by atoms with Gasteiger partial charge in [0.1, 0.15) is 6.07 Å². The topological polar surface area (TPSA) is 87.1 Å². The van der Waals surface area contributed by atoms with E-state index in [9.17, 15) is 4.79 Å². The van der Waals surface area contributed by atoms with Crippen LogP contribution in [0, 0.1) is 11.3 Å². The Morgan fingerprint density at radius 1 is 1.64 bits per heavy atom. The lowest BCUT2D eigenvalue weighted by molar-refractivity contribution is 0.0696. The van der Waals surface area contributed by atoms with Crippen LogP contribution in [0.1, 0.15) is 21.5 Å². The molecule has 0 saturated heterocycles. The molecule has 0 bridgehead atoms. The fourth-order valence-corrected chi connectivity index (χ4v) is 1.37. The maximum absolute atomic E-state index is 10.8. The Kier molecular flexibility index (Phi) is 3.07. The van der Waals surface area contributed by atoms with Crippen LogP contribution in [0.25, 0.3) is 0 Å². The Bertz CT molecular complexity index is 424. The predicted octanol–water partition coefficient (Wildman–Crippen LogP) is 1.37. The summed E-state index contributed by atoms with van der Waals surface area (Å²) in [5.41, 5.74) is 5.69. The Labute approximate surface area is 85.5 Å². The molecule has 0 spiro atoms. The van der Waals surface area contributed by atoms with Crippen molar-refractivity contribution in [2.75, 3.05) is 0 Å². The average Bonchev–Trinajstić information content (AvgIpc) is 2.16. The Morgan fingerprint density at radius 2 is 2.29 bits per heavy atom. The highest BCUT2D eigenvalue weighted by Gasteiger charge is 2.17. The van der Waals surface area contributed by atoms with E-state index in [0.717, 1.165) is 0 Å². The maximum Gasteiger partial charge on any atom is 0.338 e. The third kappa shape index (κ3) is 1.69. The Morgan fingerprint density at radius 3 is 2.71 bits per heavy atom. The highest BCUT2D eigenvalue weighted by molar-refractivity contribution is 6.33. The number of carboxylic acids is 1. The zero-order valence-electron chi connectivity index (χ0n) is 7.12. The third-order valence-electron chi connectivity index (χ3n) is 1.79. The minimum Gasteiger partial charge on any atom is -0.478 e. The quantitative estimate of drug-likeness (QED) is 0.772. The van der Waals surface area contributed by atoms with Gasteiger partial charge in [-0.05, 0) is 11.6 Å². The van der Waals surface area contributed by atoms with Gasteiger partial charge in [0.25, 0.3) is 0 Å². The first kappa shape index (κ1) is 10.5. The molecule has 0 fully saturated rings. The van der Waals surface area contributed by atoms with Crippen molar-refractivity contribution < 1.29 is 9.90 Å². The molecule has 5 heteroatoms. The first-order valence-electron chi connectivity index (χ1n) is 3.76. The lowest BCUT2D eigenvalue weighted by Gasteiger charge is -2.05. The molecule has 0 radical (unpaired) electrons. The van der Waals surface area contributed by atoms with Crippen LogP contribution in [0.3, 0.4) is 0 Å². The van der Waals surface area contributed by atoms with Crippen molar-refractivity contribution in [1.82, 2.24) is 0 Å². The van der Waals surface area contributed by atoms with Crippen LogP contribution in [-0.2, 0) is 6.54 Å². The van der Waals surface area contributed by atoms with Gasteiger partial charge in [0, 0.05) is 6.54 Å². The Balaban J connectivity index is 3.53. The molecule has 0 aliphatic carbocycles. The van der Waals surface area contributed by atoms with Crippen molar-refractivity contribution >= 4 is 17.6 Å². The van der Waals surface area contributed by atoms with E-state index in [1.54, 1.807) is 12.1 Å². The van der Waals surface area contributed by atoms with E-state index in [0.29, 0.717) is 5.56 Å². The second kappa shape index (κ2) is 4.09. The fraction of sp³-hybridized carbons (Fsp3) is 0.111. The summed E-state index contributed by atoms with van der Waals surface area (Å²) in [6, 6.07) is 4.77. The summed E-state index contributed by atoms with van der Waals surface area (Å²) in [6.07, 6.45) is 0. The summed E-state index contributed by atoms with van der Waals surface area (Å²) in [5, 5.41) is 17.6. The van der Waals surface area contributed by atoms with Crippen molar-refractivity contribution in [3.63, 3.8) is 0 Å². The molecular weight excluding hydrogens is 204 g/mol. The van der Waals surface area contributed by atoms with E-state index in [2.05, 4.69) is 0 Å². The van der Waals surface area contributed by atoms with Crippen LogP contribution >= 0.6 is 11.6 Å². The van der Waals surface area contributed by atoms with Crippen molar-refractivity contribution in [2.45, 2.75) is 6.54 Å². The van der Waals surface area contributed by atoms with Crippen molar-refractivity contribution in [2.24, 2.45) is 5.73 Å². The molecule has 0 amide bonds. The van der Waals surface area contributed by atoms with E-state index in [1.807, 2.05) is 0 Å². The lowest BCUT2D eigenvalue weighted by atomic mass is 10.0. The molecule has 0 aromatic heterocycles. The van der Waals surface area contributed by atoms with Gasteiger partial charge < -0.3 is 10.8 Å². The molecule has 0 aliphatic heterocycles. The predicted molar refractivity (Wildman–Crippen MR) is 51.0 cm³/mol. The molecule has 0 atom stereocenters. The van der Waals surface area contributed by atoms with Crippen LogP contribution in [0.5, 0.6) is 0 Å². The van der Waals surface area contributed by atoms with Crippen LogP contribution in [0.2, 0.25) is 5.02 Å². The highest BCUT2D eigenvalue weighted by Crippen LogP contribution is 2.22. The Hall–Kier alpha value is -1.57. The number of nitrogens with two attached hydrogens (primary N) is 1. The van der Waals surface area contributed by atoms with E-state index in [-0.39, 0.29) is 22.7 Å². The first-order chi connectivity index (χ1) is 6.61. The number of aromatic carboxylic acids is 1. The number of nitriles is 1. The maximum atomic E-state index is 10.8. The zero-order chi connectivity index (χ0) is 10.7. The normalized spacial score (nSPS) is 9.50. The lowest BCUT2D eigenvalue weighted by Crippen LogP contribution is -2.07. The average molecular weight is 211 g/mol. The molecule has 3 N–H and O–H groups in total. The van der Waals surface area contributed by atoms with Gasteiger partial charge in [-0.25, -0.2) is 4.79 Å². The second-order valence-electron chi connectivity index (χ2n) is 2.58. The molecule has 1 aromatic rings. The molecule has 0 saturated carbocycles. The van der Waals surface area contributed by atoms with Crippen LogP contribution < -0.4 is 5.73 Å². The van der Waals surface area contributed by atoms with Gasteiger partial charge in [-0.3, -0.25) is 0 Å². The number of carbonyl (C=O) groups is 1. The summed E-state index contributed by atoms with van der Waals surface area (Å²) in [5.74, 6) is -1.22. The van der Waals surface area contributed by atoms with Crippen molar-refractivity contribution in [3.05, 3.63) is 33.8 Å². The molecule has 1 rings (SSSR count). The SMILES string of the molecule is N#Cc1c(CN)ccc(Cl)c1C(=O)O. The molecule has 14 heavy (non-hydrogen) atoms. The van der Waals surface area contributed by atoms with E-state index in [4.69, 9.17) is 27.7 Å². The number of hydrogen-bond acceptors (Lipinski definition) is 3. The minimum atomic E-state index is -1.22. The second-order valence-corrected chi connectivity index (χ2v) is 2.98. The van der Waals surface area contributed by atoms with Gasteiger partial charge in [0.15, 0.2) is 0 Å². The summed E-state index contributed by atoms with van der Waals surface area (Å²) >= 11 is 5.66. The number of carboxylic acid groups (broad SMARTS) is 1. The minimum absolute atomic E-state index is 0.0347. The van der Waals surface area contributed by atoms with E-state index in [1.165, 1.54) is 6.07 Å². The van der Waals surface area contributed by atoms with Gasteiger partial charge in [-0.15, -0.1) is 0 Å². The number of benzene rings is 1. The van der Waals surface area contributed by atoms with Crippen LogP contribution in [0.15, 0.2) is 12.1 Å². The number of hydrogen-bond donors (Lipinski definition) is 2. The number of halogens is 1. The fourth-order valence-electron chi connectivity index (χ4n) is 1.13. The van der Waals surface area contributed by atoms with Crippen molar-refractivity contribution in [1.29, 1.82) is 5.26 Å². The molecule has 0 aliphatic rings. The molecular formula is C9H7ClN2O2. The van der Waals surface area contributed by atoms with Gasteiger partial charge in [0.05, 0.1) is 16.1 Å². The standard InChI is InChI=1S/C9H7ClN2O2/c10-7-2-1-5(3-11)6(4-12)8(7)9(13)14/h1-2H,3,11H2,(H,13,14). The number of rotatable bonds is 2. The van der Waals surface area contributed by atoms with Crippen LogP contribution in [-0.4, -0.2) is 11.1 Å². The summed E-state index contributed by atoms with van der Waals surface area (Å²) in [7, 11) is 0. The zero-order valence-corrected chi connectivity index (χ0v) is 7.88. The summed E-state index contributed by atoms with van der Waals surface area (Å²) in [4.78, 5) is 10.8. The van der Waals surface area contributed by atoms with Crippen LogP contribution in [0.4, 0.5) is 0 Å². The largest absolute Gasteiger partial charge is 0.478 e.